The SMILES string of the molecule is COCCNc1cnc(N2CCCC2C(=O)O)c2cc(F)ccc12. The van der Waals surface area contributed by atoms with Gasteiger partial charge in [-0.25, -0.2) is 14.2 Å². The molecule has 1 atom stereocenters. The first kappa shape index (κ1) is 16.4. The summed E-state index contributed by atoms with van der Waals surface area (Å²) in [7, 11) is 1.62. The molecule has 6 nitrogen and oxygen atoms in total. The highest BCUT2D eigenvalue weighted by Crippen LogP contribution is 2.34. The summed E-state index contributed by atoms with van der Waals surface area (Å²) in [5.74, 6) is -0.724. The molecule has 2 N–H and O–H groups in total. The first-order valence-corrected chi connectivity index (χ1v) is 7.92. The monoisotopic (exact) mass is 333 g/mol. The number of aromatic nitrogens is 1. The van der Waals surface area contributed by atoms with Gasteiger partial charge in [-0.15, -0.1) is 0 Å². The van der Waals surface area contributed by atoms with Crippen molar-refractivity contribution in [1.29, 1.82) is 0 Å². The highest BCUT2D eigenvalue weighted by Gasteiger charge is 2.32. The van der Waals surface area contributed by atoms with Crippen LogP contribution in [0, 0.1) is 5.82 Å². The molecule has 1 fully saturated rings. The maximum absolute atomic E-state index is 13.8. The summed E-state index contributed by atoms with van der Waals surface area (Å²) in [5, 5.41) is 14.0. The van der Waals surface area contributed by atoms with Crippen molar-refractivity contribution in [2.45, 2.75) is 18.9 Å². The standard InChI is InChI=1S/C17H20FN3O3/c1-24-8-6-19-14-10-20-16(13-9-11(18)4-5-12(13)14)21-7-2-3-15(21)17(22)23/h4-5,9-10,15,19H,2-3,6-8H2,1H3,(H,22,23). The number of nitrogens with zero attached hydrogens (tertiary/aromatic N) is 2. The summed E-state index contributed by atoms with van der Waals surface area (Å²) >= 11 is 0. The summed E-state index contributed by atoms with van der Waals surface area (Å²) in [6, 6.07) is 3.88. The molecule has 2 aromatic rings. The summed E-state index contributed by atoms with van der Waals surface area (Å²) < 4.78 is 18.8. The molecule has 0 saturated carbocycles. The maximum Gasteiger partial charge on any atom is 0.326 e. The Hall–Kier alpha value is -2.41. The van der Waals surface area contributed by atoms with Crippen LogP contribution in [0.4, 0.5) is 15.9 Å². The van der Waals surface area contributed by atoms with E-state index in [1.54, 1.807) is 24.3 Å². The number of rotatable bonds is 6. The van der Waals surface area contributed by atoms with E-state index < -0.39 is 12.0 Å². The number of carbonyl (C=O) groups is 1. The second-order valence-electron chi connectivity index (χ2n) is 5.79. The zero-order chi connectivity index (χ0) is 17.1. The van der Waals surface area contributed by atoms with Crippen LogP contribution in [0.25, 0.3) is 10.8 Å². The molecule has 2 heterocycles. The van der Waals surface area contributed by atoms with Gasteiger partial charge in [0.1, 0.15) is 17.7 Å². The molecule has 1 aromatic heterocycles. The van der Waals surface area contributed by atoms with Crippen LogP contribution in [-0.4, -0.2) is 48.9 Å². The van der Waals surface area contributed by atoms with Crippen molar-refractivity contribution in [1.82, 2.24) is 4.98 Å². The van der Waals surface area contributed by atoms with Crippen molar-refractivity contribution in [3.63, 3.8) is 0 Å². The normalized spacial score (nSPS) is 17.4. The molecule has 1 aromatic carbocycles. The van der Waals surface area contributed by atoms with E-state index in [2.05, 4.69) is 10.3 Å². The first-order chi connectivity index (χ1) is 11.6. The van der Waals surface area contributed by atoms with Crippen LogP contribution in [0.5, 0.6) is 0 Å². The van der Waals surface area contributed by atoms with Crippen LogP contribution in [0.3, 0.4) is 0 Å². The van der Waals surface area contributed by atoms with E-state index in [0.29, 0.717) is 37.3 Å². The smallest absolute Gasteiger partial charge is 0.326 e. The molecular formula is C17H20FN3O3. The Morgan fingerprint density at radius 1 is 1.50 bits per heavy atom. The average molecular weight is 333 g/mol. The quantitative estimate of drug-likeness (QED) is 0.791. The van der Waals surface area contributed by atoms with Crippen molar-refractivity contribution in [2.75, 3.05) is 37.0 Å². The van der Waals surface area contributed by atoms with Crippen LogP contribution < -0.4 is 10.2 Å². The lowest BCUT2D eigenvalue weighted by Crippen LogP contribution is -2.36. The summed E-state index contributed by atoms with van der Waals surface area (Å²) in [6.07, 6.45) is 3.02. The largest absolute Gasteiger partial charge is 0.480 e. The lowest BCUT2D eigenvalue weighted by Gasteiger charge is -2.24. The van der Waals surface area contributed by atoms with Crippen molar-refractivity contribution in [2.24, 2.45) is 0 Å². The van der Waals surface area contributed by atoms with Crippen molar-refractivity contribution >= 4 is 28.2 Å². The molecule has 1 unspecified atom stereocenters. The van der Waals surface area contributed by atoms with E-state index in [-0.39, 0.29) is 5.82 Å². The fraction of sp³-hybridized carbons (Fsp3) is 0.412. The number of halogens is 1. The van der Waals surface area contributed by atoms with Gasteiger partial charge in [0.25, 0.3) is 0 Å². The molecular weight excluding hydrogens is 313 g/mol. The van der Waals surface area contributed by atoms with Crippen LogP contribution in [0.2, 0.25) is 0 Å². The second kappa shape index (κ2) is 7.00. The van der Waals surface area contributed by atoms with Gasteiger partial charge in [-0.2, -0.15) is 0 Å². The number of hydrogen-bond acceptors (Lipinski definition) is 5. The highest BCUT2D eigenvalue weighted by atomic mass is 19.1. The molecule has 1 aliphatic rings. The van der Waals surface area contributed by atoms with Gasteiger partial charge in [0.2, 0.25) is 0 Å². The van der Waals surface area contributed by atoms with Crippen molar-refractivity contribution in [3.8, 4) is 0 Å². The zero-order valence-corrected chi connectivity index (χ0v) is 13.5. The molecule has 24 heavy (non-hydrogen) atoms. The Bertz CT molecular complexity index is 753. The number of nitrogens with one attached hydrogen (secondary N) is 1. The molecule has 0 bridgehead atoms. The summed E-state index contributed by atoms with van der Waals surface area (Å²) in [6.45, 7) is 1.75. The fourth-order valence-corrected chi connectivity index (χ4v) is 3.14. The number of carboxylic acids is 1. The van der Waals surface area contributed by atoms with Crippen LogP contribution in [0.15, 0.2) is 24.4 Å². The third-order valence-electron chi connectivity index (χ3n) is 4.26. The number of methoxy groups -OCH3 is 1. The Labute approximate surface area is 139 Å². The molecule has 0 amide bonds. The lowest BCUT2D eigenvalue weighted by molar-refractivity contribution is -0.138. The summed E-state index contributed by atoms with van der Waals surface area (Å²) in [5.41, 5.74) is 0.775. The van der Waals surface area contributed by atoms with Gasteiger partial charge in [0.05, 0.1) is 18.5 Å². The van der Waals surface area contributed by atoms with Crippen LogP contribution >= 0.6 is 0 Å². The minimum absolute atomic E-state index is 0.370. The Morgan fingerprint density at radius 2 is 2.33 bits per heavy atom. The Kier molecular flexibility index (Phi) is 4.80. The van der Waals surface area contributed by atoms with Gasteiger partial charge in [-0.05, 0) is 31.0 Å². The lowest BCUT2D eigenvalue weighted by atomic mass is 10.1. The number of benzene rings is 1. The molecule has 3 rings (SSSR count). The van der Waals surface area contributed by atoms with E-state index in [1.807, 2.05) is 0 Å². The molecule has 0 radical (unpaired) electrons. The average Bonchev–Trinajstić information content (AvgIpc) is 3.04. The minimum Gasteiger partial charge on any atom is -0.480 e. The number of pyridine rings is 1. The number of carboxylic acid groups (broad SMARTS) is 1. The van der Waals surface area contributed by atoms with Gasteiger partial charge < -0.3 is 20.1 Å². The molecule has 128 valence electrons. The van der Waals surface area contributed by atoms with E-state index in [1.165, 1.54) is 12.1 Å². The molecule has 0 spiro atoms. The fourth-order valence-electron chi connectivity index (χ4n) is 3.14. The van der Waals surface area contributed by atoms with E-state index >= 15 is 0 Å². The second-order valence-corrected chi connectivity index (χ2v) is 5.79. The number of ether oxygens (including phenoxy) is 1. The topological polar surface area (TPSA) is 74.7 Å². The van der Waals surface area contributed by atoms with Gasteiger partial charge in [-0.3, -0.25) is 0 Å². The number of hydrogen-bond donors (Lipinski definition) is 2. The van der Waals surface area contributed by atoms with Gasteiger partial charge in [-0.1, -0.05) is 0 Å². The number of aliphatic carboxylic acids is 1. The molecule has 7 heteroatoms. The van der Waals surface area contributed by atoms with Gasteiger partial charge >= 0.3 is 5.97 Å². The summed E-state index contributed by atoms with van der Waals surface area (Å²) in [4.78, 5) is 17.6. The molecule has 1 aliphatic heterocycles. The predicted octanol–water partition coefficient (Wildman–Crippen LogP) is 2.49. The number of anilines is 2. The number of fused-ring (bicyclic) bond motifs is 1. The third-order valence-corrected chi connectivity index (χ3v) is 4.26. The van der Waals surface area contributed by atoms with Crippen LogP contribution in [0.1, 0.15) is 12.8 Å². The van der Waals surface area contributed by atoms with E-state index in [0.717, 1.165) is 17.5 Å². The predicted molar refractivity (Wildman–Crippen MR) is 90.1 cm³/mol. The Balaban J connectivity index is 2.04. The van der Waals surface area contributed by atoms with Crippen LogP contribution in [-0.2, 0) is 9.53 Å². The third kappa shape index (κ3) is 3.12. The van der Waals surface area contributed by atoms with Gasteiger partial charge in [0.15, 0.2) is 0 Å². The maximum atomic E-state index is 13.8. The molecule has 1 saturated heterocycles. The molecule has 0 aliphatic carbocycles. The van der Waals surface area contributed by atoms with E-state index in [9.17, 15) is 14.3 Å². The minimum atomic E-state index is -0.874. The van der Waals surface area contributed by atoms with Gasteiger partial charge in [0, 0.05) is 31.0 Å². The first-order valence-electron chi connectivity index (χ1n) is 7.92. The highest BCUT2D eigenvalue weighted by molar-refractivity contribution is 6.01. The zero-order valence-electron chi connectivity index (χ0n) is 13.5. The Morgan fingerprint density at radius 3 is 3.08 bits per heavy atom. The van der Waals surface area contributed by atoms with Crippen molar-refractivity contribution in [3.05, 3.63) is 30.2 Å². The van der Waals surface area contributed by atoms with E-state index in [4.69, 9.17) is 4.74 Å². The van der Waals surface area contributed by atoms with Crippen molar-refractivity contribution < 1.29 is 19.0 Å².